The average molecular weight is 253 g/mol. The van der Waals surface area contributed by atoms with Crippen LogP contribution in [0.5, 0.6) is 0 Å². The zero-order valence-corrected chi connectivity index (χ0v) is 9.20. The SMILES string of the molecule is O=C(CCl)NC(C(=O)Cl)c1cscn1. The molecule has 0 saturated carbocycles. The van der Waals surface area contributed by atoms with Crippen molar-refractivity contribution in [1.29, 1.82) is 0 Å². The van der Waals surface area contributed by atoms with Crippen molar-refractivity contribution in [3.05, 3.63) is 16.6 Å². The highest BCUT2D eigenvalue weighted by molar-refractivity contribution is 7.07. The smallest absolute Gasteiger partial charge is 0.250 e. The van der Waals surface area contributed by atoms with E-state index >= 15 is 0 Å². The lowest BCUT2D eigenvalue weighted by Crippen LogP contribution is -2.32. The Hall–Kier alpha value is -0.650. The van der Waals surface area contributed by atoms with E-state index in [-0.39, 0.29) is 5.88 Å². The van der Waals surface area contributed by atoms with Crippen LogP contribution in [0.3, 0.4) is 0 Å². The molecule has 1 N–H and O–H groups in total. The van der Waals surface area contributed by atoms with E-state index in [0.717, 1.165) is 0 Å². The van der Waals surface area contributed by atoms with Gasteiger partial charge < -0.3 is 5.32 Å². The summed E-state index contributed by atoms with van der Waals surface area (Å²) in [5, 5.41) is 3.31. The minimum atomic E-state index is -0.908. The van der Waals surface area contributed by atoms with Crippen LogP contribution >= 0.6 is 34.5 Å². The van der Waals surface area contributed by atoms with Crippen LogP contribution in [0, 0.1) is 0 Å². The van der Waals surface area contributed by atoms with E-state index in [1.165, 1.54) is 11.3 Å². The predicted octanol–water partition coefficient (Wildman–Crippen LogP) is 1.30. The number of alkyl halides is 1. The molecule has 0 aromatic carbocycles. The summed E-state index contributed by atoms with van der Waals surface area (Å²) >= 11 is 11.9. The Bertz CT molecular complexity index is 328. The molecule has 0 saturated heterocycles. The van der Waals surface area contributed by atoms with Gasteiger partial charge in [-0.1, -0.05) is 0 Å². The summed E-state index contributed by atoms with van der Waals surface area (Å²) in [6, 6.07) is -0.908. The molecule has 0 aliphatic carbocycles. The molecule has 0 spiro atoms. The number of nitrogens with one attached hydrogen (secondary N) is 1. The molecule has 7 heteroatoms. The zero-order chi connectivity index (χ0) is 10.6. The second-order valence-corrected chi connectivity index (χ2v) is 3.71. The number of rotatable bonds is 4. The Morgan fingerprint density at radius 3 is 2.79 bits per heavy atom. The van der Waals surface area contributed by atoms with E-state index < -0.39 is 17.2 Å². The van der Waals surface area contributed by atoms with Crippen molar-refractivity contribution in [2.45, 2.75) is 6.04 Å². The van der Waals surface area contributed by atoms with Crippen LogP contribution in [0.4, 0.5) is 0 Å². The van der Waals surface area contributed by atoms with Gasteiger partial charge in [-0.15, -0.1) is 22.9 Å². The lowest BCUT2D eigenvalue weighted by Gasteiger charge is -2.10. The molecular weight excluding hydrogens is 247 g/mol. The Labute approximate surface area is 94.2 Å². The molecule has 1 amide bonds. The van der Waals surface area contributed by atoms with Crippen LogP contribution in [0.25, 0.3) is 0 Å². The molecule has 14 heavy (non-hydrogen) atoms. The Kier molecular flexibility index (Phi) is 4.31. The molecule has 0 bridgehead atoms. The van der Waals surface area contributed by atoms with E-state index in [9.17, 15) is 9.59 Å². The van der Waals surface area contributed by atoms with Crippen molar-refractivity contribution in [1.82, 2.24) is 10.3 Å². The normalized spacial score (nSPS) is 12.1. The quantitative estimate of drug-likeness (QED) is 0.650. The fourth-order valence-electron chi connectivity index (χ4n) is 0.811. The fourth-order valence-corrected chi connectivity index (χ4v) is 1.63. The van der Waals surface area contributed by atoms with Crippen molar-refractivity contribution < 1.29 is 9.59 Å². The Morgan fingerprint density at radius 2 is 2.36 bits per heavy atom. The van der Waals surface area contributed by atoms with Crippen LogP contribution < -0.4 is 5.32 Å². The molecule has 0 aliphatic rings. The van der Waals surface area contributed by atoms with Gasteiger partial charge in [-0.05, 0) is 11.6 Å². The monoisotopic (exact) mass is 252 g/mol. The highest BCUT2D eigenvalue weighted by Gasteiger charge is 2.22. The summed E-state index contributed by atoms with van der Waals surface area (Å²) < 4.78 is 0. The van der Waals surface area contributed by atoms with Crippen molar-refractivity contribution >= 4 is 45.7 Å². The molecule has 0 radical (unpaired) electrons. The number of carbonyl (C=O) groups is 2. The molecule has 0 fully saturated rings. The average Bonchev–Trinajstić information content (AvgIpc) is 2.65. The predicted molar refractivity (Wildman–Crippen MR) is 54.6 cm³/mol. The van der Waals surface area contributed by atoms with Crippen molar-refractivity contribution in [3.63, 3.8) is 0 Å². The second-order valence-electron chi connectivity index (χ2n) is 2.35. The first-order chi connectivity index (χ1) is 6.65. The third-order valence-corrected chi connectivity index (χ3v) is 2.47. The number of amides is 1. The van der Waals surface area contributed by atoms with E-state index in [1.54, 1.807) is 10.9 Å². The van der Waals surface area contributed by atoms with Crippen LogP contribution in [-0.4, -0.2) is 22.0 Å². The van der Waals surface area contributed by atoms with Gasteiger partial charge in [0, 0.05) is 5.38 Å². The largest absolute Gasteiger partial charge is 0.339 e. The maximum Gasteiger partial charge on any atom is 0.250 e. The molecule has 0 aliphatic heterocycles. The van der Waals surface area contributed by atoms with E-state index in [2.05, 4.69) is 10.3 Å². The second kappa shape index (κ2) is 5.29. The first-order valence-corrected chi connectivity index (χ1v) is 5.43. The number of thiazole rings is 1. The fraction of sp³-hybridized carbons (Fsp3) is 0.286. The molecular formula is C7H6Cl2N2O2S. The molecule has 76 valence electrons. The third kappa shape index (κ3) is 2.94. The van der Waals surface area contributed by atoms with E-state index in [4.69, 9.17) is 23.2 Å². The summed E-state index contributed by atoms with van der Waals surface area (Å²) in [7, 11) is 0. The number of halogens is 2. The third-order valence-electron chi connectivity index (χ3n) is 1.40. The zero-order valence-electron chi connectivity index (χ0n) is 6.87. The number of aromatic nitrogens is 1. The molecule has 1 unspecified atom stereocenters. The van der Waals surface area contributed by atoms with E-state index in [1.807, 2.05) is 0 Å². The first kappa shape index (κ1) is 11.4. The summed E-state index contributed by atoms with van der Waals surface area (Å²) in [5.74, 6) is -0.677. The minimum Gasteiger partial charge on any atom is -0.339 e. The summed E-state index contributed by atoms with van der Waals surface area (Å²) in [4.78, 5) is 25.8. The number of carbonyl (C=O) groups excluding carboxylic acids is 2. The van der Waals surface area contributed by atoms with Gasteiger partial charge in [0.15, 0.2) is 0 Å². The van der Waals surface area contributed by atoms with Crippen LogP contribution in [0.15, 0.2) is 10.9 Å². The Balaban J connectivity index is 2.76. The number of nitrogens with zero attached hydrogens (tertiary/aromatic N) is 1. The highest BCUT2D eigenvalue weighted by Crippen LogP contribution is 2.15. The maximum absolute atomic E-state index is 11.0. The van der Waals surface area contributed by atoms with Crippen molar-refractivity contribution in [2.24, 2.45) is 0 Å². The maximum atomic E-state index is 11.0. The molecule has 1 atom stereocenters. The van der Waals surface area contributed by atoms with Gasteiger partial charge in [-0.25, -0.2) is 4.98 Å². The summed E-state index contributed by atoms with van der Waals surface area (Å²) in [6.07, 6.45) is 0. The number of hydrogen-bond acceptors (Lipinski definition) is 4. The molecule has 1 heterocycles. The molecule has 4 nitrogen and oxygen atoms in total. The molecule has 1 aromatic heterocycles. The Morgan fingerprint density at radius 1 is 1.64 bits per heavy atom. The van der Waals surface area contributed by atoms with Gasteiger partial charge in [0.1, 0.15) is 11.9 Å². The van der Waals surface area contributed by atoms with Gasteiger partial charge in [0.05, 0.1) is 11.2 Å². The van der Waals surface area contributed by atoms with Crippen molar-refractivity contribution in [3.8, 4) is 0 Å². The van der Waals surface area contributed by atoms with Gasteiger partial charge in [-0.3, -0.25) is 9.59 Å². The van der Waals surface area contributed by atoms with Gasteiger partial charge in [0.2, 0.25) is 11.1 Å². The van der Waals surface area contributed by atoms with Gasteiger partial charge in [-0.2, -0.15) is 0 Å². The minimum absolute atomic E-state index is 0.217. The van der Waals surface area contributed by atoms with Crippen LogP contribution in [0.2, 0.25) is 0 Å². The summed E-state index contributed by atoms with van der Waals surface area (Å²) in [5.41, 5.74) is 1.98. The molecule has 1 rings (SSSR count). The van der Waals surface area contributed by atoms with E-state index in [0.29, 0.717) is 5.69 Å². The van der Waals surface area contributed by atoms with Crippen LogP contribution in [-0.2, 0) is 9.59 Å². The van der Waals surface area contributed by atoms with Crippen LogP contribution in [0.1, 0.15) is 11.7 Å². The summed E-state index contributed by atoms with van der Waals surface area (Å²) in [6.45, 7) is 0. The lowest BCUT2D eigenvalue weighted by molar-refractivity contribution is -0.123. The highest BCUT2D eigenvalue weighted by atomic mass is 35.5. The standard InChI is InChI=1S/C7H6Cl2N2O2S/c8-1-5(12)11-6(7(9)13)4-2-14-3-10-4/h2-3,6H,1H2,(H,11,12). The van der Waals surface area contributed by atoms with Crippen molar-refractivity contribution in [2.75, 3.05) is 5.88 Å². The lowest BCUT2D eigenvalue weighted by atomic mass is 10.2. The first-order valence-electron chi connectivity index (χ1n) is 3.58. The molecule has 1 aromatic rings. The van der Waals surface area contributed by atoms with Gasteiger partial charge >= 0.3 is 0 Å². The topological polar surface area (TPSA) is 59.1 Å². The van der Waals surface area contributed by atoms with Gasteiger partial charge in [0.25, 0.3) is 0 Å². The number of hydrogen-bond donors (Lipinski definition) is 1.